The quantitative estimate of drug-likeness (QED) is 0.0400. The van der Waals surface area contributed by atoms with Crippen LogP contribution in [0.2, 0.25) is 0 Å². The molecule has 4 nitrogen and oxygen atoms in total. The Morgan fingerprint density at radius 3 is 1.59 bits per heavy atom. The predicted molar refractivity (Wildman–Crippen MR) is 318 cm³/mol. The van der Waals surface area contributed by atoms with Gasteiger partial charge in [-0.05, 0) is 116 Å². The Labute approximate surface area is 452 Å². The molecule has 2 unspecified atom stereocenters. The molecule has 386 valence electrons. The van der Waals surface area contributed by atoms with E-state index < -0.39 is 0 Å². The Bertz CT molecular complexity index is 2870. The summed E-state index contributed by atoms with van der Waals surface area (Å²) in [6, 6.07) is 40.0. The van der Waals surface area contributed by atoms with E-state index in [1.54, 1.807) is 11.1 Å². The first-order valence-corrected chi connectivity index (χ1v) is 30.9. The molecule has 1 aliphatic carbocycles. The normalized spacial score (nSPS) is 16.8. The van der Waals surface area contributed by atoms with Crippen molar-refractivity contribution < 1.29 is 9.31 Å². The van der Waals surface area contributed by atoms with Crippen LogP contribution in [0.5, 0.6) is 0 Å². The first-order valence-electron chi connectivity index (χ1n) is 28.5. The summed E-state index contributed by atoms with van der Waals surface area (Å²) in [4.78, 5) is 5.01. The number of unbranched alkanes of at least 4 members (excludes halogenated alkanes) is 14. The molecule has 0 radical (unpaired) electrons. The Hall–Kier alpha value is -3.92. The van der Waals surface area contributed by atoms with Gasteiger partial charge in [0.05, 0.1) is 22.9 Å². The fraction of sp³-hybridized carbons (Fsp3) is 0.508. The number of aromatic nitrogens is 2. The molecule has 9 rings (SSSR count). The lowest BCUT2D eigenvalue weighted by Gasteiger charge is -2.34. The summed E-state index contributed by atoms with van der Waals surface area (Å²) >= 11 is 5.04. The number of rotatable bonds is 26. The molecule has 73 heavy (non-hydrogen) atoms. The highest BCUT2D eigenvalue weighted by Gasteiger charge is 2.58. The van der Waals surface area contributed by atoms with Crippen molar-refractivity contribution in [1.29, 1.82) is 0 Å². The fourth-order valence-electron chi connectivity index (χ4n) is 11.9. The van der Waals surface area contributed by atoms with Gasteiger partial charge in [-0.2, -0.15) is 8.75 Å². The highest BCUT2D eigenvalue weighted by atomic mass is 32.1. The topological polar surface area (TPSA) is 44.2 Å². The number of thiophene rings is 2. The number of hydrogen-bond acceptors (Lipinski definition) is 7. The molecule has 1 fully saturated rings. The summed E-state index contributed by atoms with van der Waals surface area (Å²) in [6.07, 6.45) is 24.8. The van der Waals surface area contributed by atoms with E-state index >= 15 is 0 Å². The first-order chi connectivity index (χ1) is 35.3. The molecule has 0 spiro atoms. The molecule has 1 aliphatic heterocycles. The molecule has 0 saturated carbocycles. The van der Waals surface area contributed by atoms with E-state index in [9.17, 15) is 0 Å². The van der Waals surface area contributed by atoms with Crippen LogP contribution in [0.4, 0.5) is 0 Å². The number of fused-ring (bicyclic) bond motifs is 4. The molecule has 4 heterocycles. The number of benzene rings is 4. The summed E-state index contributed by atoms with van der Waals surface area (Å²) in [6.45, 7) is 20.1. The Morgan fingerprint density at radius 2 is 1.01 bits per heavy atom. The molecule has 2 aliphatic rings. The van der Waals surface area contributed by atoms with Crippen LogP contribution in [-0.4, -0.2) is 27.1 Å². The second-order valence-electron chi connectivity index (χ2n) is 23.0. The van der Waals surface area contributed by atoms with Gasteiger partial charge in [0.1, 0.15) is 11.0 Å². The van der Waals surface area contributed by atoms with Crippen LogP contribution in [0.3, 0.4) is 0 Å². The first kappa shape index (κ1) is 53.9. The molecular formula is C65H83BN2O2S3. The highest BCUT2D eigenvalue weighted by molar-refractivity contribution is 7.19. The smallest absolute Gasteiger partial charge is 0.403 e. The summed E-state index contributed by atoms with van der Waals surface area (Å²) in [7, 11) is -0.325. The SMILES string of the molecule is CCCCCCCCCCC1(CCCCCCCCCC)c2cc(-c3ccc(-c4ccc(-c5ccc(C(C)(CC)B6OC(C)(C)C(C)(C)O6)s5)c5nsnc45)s3)ccc2-c2ccc(C(C)c3ccccc3)cc21. The van der Waals surface area contributed by atoms with Crippen molar-refractivity contribution in [2.45, 2.75) is 212 Å². The molecule has 0 bridgehead atoms. The summed E-state index contributed by atoms with van der Waals surface area (Å²) < 4.78 is 23.3. The zero-order chi connectivity index (χ0) is 51.2. The molecule has 3 aromatic heterocycles. The molecule has 4 aromatic carbocycles. The second kappa shape index (κ2) is 23.5. The standard InChI is InChI=1S/C65H83BN2O2S3/c1-10-13-15-17-19-21-23-28-42-65(43-29-24-22-20-18-16-14-11-2)54-44-48(46(4)47-30-26-25-27-31-47)32-34-50(54)51-35-33-49(45-55(51)65)56-38-39-57(71-56)52-36-37-53(61-60(52)67-73-68-61)58-40-41-59(72-58)64(9,12-3)66-69-62(5,6)63(7,8)70-66/h25-27,30-41,44-46H,10-24,28-29,42-43H2,1-9H3. The Kier molecular flexibility index (Phi) is 17.4. The van der Waals surface area contributed by atoms with Gasteiger partial charge in [-0.25, -0.2) is 0 Å². The highest BCUT2D eigenvalue weighted by Crippen LogP contribution is 2.56. The van der Waals surface area contributed by atoms with Crippen molar-refractivity contribution in [1.82, 2.24) is 8.75 Å². The number of hydrogen-bond donors (Lipinski definition) is 0. The van der Waals surface area contributed by atoms with Crippen molar-refractivity contribution in [3.05, 3.63) is 130 Å². The Balaban J connectivity index is 1.03. The van der Waals surface area contributed by atoms with Crippen molar-refractivity contribution in [2.75, 3.05) is 0 Å². The van der Waals surface area contributed by atoms with Crippen molar-refractivity contribution in [3.8, 4) is 42.4 Å². The average Bonchev–Trinajstić information content (AvgIpc) is 4.26. The van der Waals surface area contributed by atoms with Crippen LogP contribution in [0.25, 0.3) is 53.5 Å². The molecule has 2 atom stereocenters. The van der Waals surface area contributed by atoms with Gasteiger partial charge in [-0.3, -0.25) is 0 Å². The molecule has 8 heteroatoms. The Morgan fingerprint density at radius 1 is 0.521 bits per heavy atom. The van der Waals surface area contributed by atoms with Crippen LogP contribution in [0.1, 0.15) is 217 Å². The molecule has 7 aromatic rings. The van der Waals surface area contributed by atoms with Crippen LogP contribution < -0.4 is 0 Å². The van der Waals surface area contributed by atoms with Crippen molar-refractivity contribution in [3.63, 3.8) is 0 Å². The van der Waals surface area contributed by atoms with E-state index in [0.717, 1.165) is 28.6 Å². The summed E-state index contributed by atoms with van der Waals surface area (Å²) in [5.41, 5.74) is 13.7. The van der Waals surface area contributed by atoms with Crippen molar-refractivity contribution >= 4 is 52.6 Å². The minimum atomic E-state index is -0.382. The fourth-order valence-corrected chi connectivity index (χ4v) is 14.8. The minimum Gasteiger partial charge on any atom is -0.403 e. The van der Waals surface area contributed by atoms with Gasteiger partial charge >= 0.3 is 7.12 Å². The third kappa shape index (κ3) is 11.2. The summed E-state index contributed by atoms with van der Waals surface area (Å²) in [5.74, 6) is 0.333. The minimum absolute atomic E-state index is 0.00752. The maximum Gasteiger partial charge on any atom is 0.469 e. The average molecular weight is 1030 g/mol. The molecule has 0 amide bonds. The van der Waals surface area contributed by atoms with Gasteiger partial charge < -0.3 is 9.31 Å². The lowest BCUT2D eigenvalue weighted by atomic mass is 9.56. The van der Waals surface area contributed by atoms with E-state index in [-0.39, 0.29) is 29.0 Å². The van der Waals surface area contributed by atoms with Crippen molar-refractivity contribution in [2.24, 2.45) is 0 Å². The maximum absolute atomic E-state index is 6.66. The van der Waals surface area contributed by atoms with E-state index in [4.69, 9.17) is 18.1 Å². The van der Waals surface area contributed by atoms with Gasteiger partial charge in [0.15, 0.2) is 0 Å². The molecule has 1 saturated heterocycles. The largest absolute Gasteiger partial charge is 0.469 e. The van der Waals surface area contributed by atoms with Gasteiger partial charge in [0.25, 0.3) is 0 Å². The lowest BCUT2D eigenvalue weighted by molar-refractivity contribution is 0.00578. The monoisotopic (exact) mass is 1030 g/mol. The van der Waals surface area contributed by atoms with E-state index in [1.165, 1.54) is 175 Å². The lowest BCUT2D eigenvalue weighted by Crippen LogP contribution is -2.42. The third-order valence-corrected chi connectivity index (χ3v) is 20.7. The second-order valence-corrected chi connectivity index (χ2v) is 25.7. The molecule has 0 N–H and O–H groups in total. The van der Waals surface area contributed by atoms with E-state index in [2.05, 4.69) is 165 Å². The molecular weight excluding hydrogens is 948 g/mol. The number of nitrogens with zero attached hydrogens (tertiary/aromatic N) is 2. The van der Waals surface area contributed by atoms with Crippen LogP contribution in [0, 0.1) is 0 Å². The van der Waals surface area contributed by atoms with Crippen LogP contribution in [0.15, 0.2) is 103 Å². The predicted octanol–water partition coefficient (Wildman–Crippen LogP) is 20.6. The zero-order valence-corrected chi connectivity index (χ0v) is 48.3. The van der Waals surface area contributed by atoms with E-state index in [0.29, 0.717) is 5.92 Å². The van der Waals surface area contributed by atoms with Gasteiger partial charge in [0.2, 0.25) is 0 Å². The zero-order valence-electron chi connectivity index (χ0n) is 45.8. The van der Waals surface area contributed by atoms with Crippen LogP contribution >= 0.6 is 34.4 Å². The van der Waals surface area contributed by atoms with Gasteiger partial charge in [-0.15, -0.1) is 22.7 Å². The maximum atomic E-state index is 6.66. The summed E-state index contributed by atoms with van der Waals surface area (Å²) in [5, 5.41) is -0.286. The van der Waals surface area contributed by atoms with Crippen LogP contribution in [-0.2, 0) is 20.0 Å². The van der Waals surface area contributed by atoms with Gasteiger partial charge in [-0.1, -0.05) is 210 Å². The third-order valence-electron chi connectivity index (χ3n) is 17.6. The van der Waals surface area contributed by atoms with E-state index in [1.807, 2.05) is 22.7 Å². The van der Waals surface area contributed by atoms with Gasteiger partial charge in [0, 0.05) is 47.3 Å².